The van der Waals surface area contributed by atoms with Crippen molar-refractivity contribution >= 4 is 70.1 Å². The zero-order valence-electron chi connectivity index (χ0n) is 35.5. The molecule has 0 fully saturated rings. The second-order valence-corrected chi connectivity index (χ2v) is 17.3. The molecule has 0 aliphatic rings. The standard InChI is InChI=1S/C49H53N5O6S2/c1-34(30-44(55)38-12-7-5-8-13-38)50-42(48(57)58)32-36-18-22-40(23-19-36)61-28-26-53(3)46-16-11-17-47(52-46)54(4)27-29-62-41-24-20-37(21-25-41)33-43(49(59)60)51-35(2)31-45(56)39-14-9-6-10-15-39/h5-25,42-43H,26-33H2,1-4H3,(H,57,58)(H,59,60). The highest BCUT2D eigenvalue weighted by Gasteiger charge is 2.20. The molecule has 322 valence electrons. The Labute approximate surface area is 372 Å². The fourth-order valence-electron chi connectivity index (χ4n) is 6.47. The Hall–Kier alpha value is -6.05. The van der Waals surface area contributed by atoms with Crippen LogP contribution in [0.1, 0.15) is 58.5 Å². The van der Waals surface area contributed by atoms with Crippen LogP contribution in [0.3, 0.4) is 0 Å². The minimum atomic E-state index is -1.03. The van der Waals surface area contributed by atoms with Gasteiger partial charge < -0.3 is 20.0 Å². The number of ketones is 2. The highest BCUT2D eigenvalue weighted by Crippen LogP contribution is 2.24. The third-order valence-corrected chi connectivity index (χ3v) is 11.9. The topological polar surface area (TPSA) is 153 Å². The third-order valence-electron chi connectivity index (χ3n) is 9.94. The number of aliphatic imine (C=N–C) groups is 2. The van der Waals surface area contributed by atoms with Gasteiger partial charge in [-0.25, -0.2) is 14.6 Å². The molecule has 0 radical (unpaired) electrons. The number of thioether (sulfide) groups is 2. The largest absolute Gasteiger partial charge is 0.480 e. The fraction of sp³-hybridized carbons (Fsp3) is 0.286. The summed E-state index contributed by atoms with van der Waals surface area (Å²) in [5, 5.41) is 19.7. The Balaban J connectivity index is 1.04. The van der Waals surface area contributed by atoms with Crippen molar-refractivity contribution in [1.29, 1.82) is 0 Å². The number of carboxylic acid groups (broad SMARTS) is 2. The van der Waals surface area contributed by atoms with Crippen LogP contribution in [-0.2, 0) is 22.4 Å². The monoisotopic (exact) mass is 871 g/mol. The highest BCUT2D eigenvalue weighted by molar-refractivity contribution is 7.99. The van der Waals surface area contributed by atoms with Crippen LogP contribution in [0.25, 0.3) is 0 Å². The quantitative estimate of drug-likeness (QED) is 0.0347. The normalized spacial score (nSPS) is 12.6. The van der Waals surface area contributed by atoms with Crippen molar-refractivity contribution in [3.05, 3.63) is 150 Å². The maximum absolute atomic E-state index is 12.6. The van der Waals surface area contributed by atoms with E-state index in [1.54, 1.807) is 85.9 Å². The molecular weight excluding hydrogens is 819 g/mol. The number of rotatable bonds is 24. The van der Waals surface area contributed by atoms with Gasteiger partial charge in [0.1, 0.15) is 11.6 Å². The minimum absolute atomic E-state index is 0.0760. The Kier molecular flexibility index (Phi) is 18.1. The van der Waals surface area contributed by atoms with Crippen LogP contribution in [0.15, 0.2) is 147 Å². The van der Waals surface area contributed by atoms with Crippen LogP contribution in [-0.4, -0.2) is 101 Å². The number of benzene rings is 4. The average molecular weight is 872 g/mol. The lowest BCUT2D eigenvalue weighted by Crippen LogP contribution is -2.24. The molecule has 0 saturated carbocycles. The van der Waals surface area contributed by atoms with Gasteiger partial charge in [-0.1, -0.05) is 91.0 Å². The molecule has 0 amide bonds. The maximum Gasteiger partial charge on any atom is 0.328 e. The van der Waals surface area contributed by atoms with E-state index in [1.807, 2.05) is 93.0 Å². The van der Waals surface area contributed by atoms with Crippen LogP contribution >= 0.6 is 23.5 Å². The molecule has 2 atom stereocenters. The van der Waals surface area contributed by atoms with Gasteiger partial charge >= 0.3 is 11.9 Å². The molecular formula is C49H53N5O6S2. The molecule has 0 aliphatic heterocycles. The zero-order chi connectivity index (χ0) is 44.4. The number of nitrogens with zero attached hydrogens (tertiary/aromatic N) is 5. The summed E-state index contributed by atoms with van der Waals surface area (Å²) >= 11 is 3.43. The van der Waals surface area contributed by atoms with Gasteiger partial charge in [-0.3, -0.25) is 19.6 Å². The van der Waals surface area contributed by atoms with Crippen molar-refractivity contribution in [2.24, 2.45) is 9.98 Å². The molecule has 13 heteroatoms. The molecule has 0 spiro atoms. The Morgan fingerprint density at radius 3 is 1.27 bits per heavy atom. The lowest BCUT2D eigenvalue weighted by Gasteiger charge is -2.22. The van der Waals surface area contributed by atoms with Crippen LogP contribution < -0.4 is 9.80 Å². The van der Waals surface area contributed by atoms with Crippen LogP contribution in [0.2, 0.25) is 0 Å². The summed E-state index contributed by atoms with van der Waals surface area (Å²) < 4.78 is 0. The van der Waals surface area contributed by atoms with Gasteiger partial charge in [0.15, 0.2) is 23.7 Å². The van der Waals surface area contributed by atoms with Crippen LogP contribution in [0, 0.1) is 0 Å². The fourth-order valence-corrected chi connectivity index (χ4v) is 8.33. The van der Waals surface area contributed by atoms with Crippen molar-refractivity contribution in [2.45, 2.75) is 61.4 Å². The number of carbonyl (C=O) groups is 4. The first-order valence-electron chi connectivity index (χ1n) is 20.4. The lowest BCUT2D eigenvalue weighted by atomic mass is 10.0. The minimum Gasteiger partial charge on any atom is -0.480 e. The van der Waals surface area contributed by atoms with E-state index in [-0.39, 0.29) is 37.2 Å². The van der Waals surface area contributed by atoms with Gasteiger partial charge in [0.25, 0.3) is 0 Å². The van der Waals surface area contributed by atoms with Crippen LogP contribution in [0.4, 0.5) is 11.6 Å². The van der Waals surface area contributed by atoms with E-state index < -0.39 is 24.0 Å². The summed E-state index contributed by atoms with van der Waals surface area (Å²) in [5.74, 6) is 1.16. The number of aromatic nitrogens is 1. The van der Waals surface area contributed by atoms with Crippen LogP contribution in [0.5, 0.6) is 0 Å². The Morgan fingerprint density at radius 2 is 0.919 bits per heavy atom. The van der Waals surface area contributed by atoms with Crippen molar-refractivity contribution in [3.8, 4) is 0 Å². The number of hydrogen-bond donors (Lipinski definition) is 2. The smallest absolute Gasteiger partial charge is 0.328 e. The first-order chi connectivity index (χ1) is 29.8. The van der Waals surface area contributed by atoms with E-state index in [0.29, 0.717) is 22.6 Å². The number of hydrogen-bond acceptors (Lipinski definition) is 11. The van der Waals surface area contributed by atoms with E-state index in [9.17, 15) is 29.4 Å². The number of carbonyl (C=O) groups excluding carboxylic acids is 2. The summed E-state index contributed by atoms with van der Waals surface area (Å²) in [7, 11) is 4.05. The predicted molar refractivity (Wildman–Crippen MR) is 252 cm³/mol. The third kappa shape index (κ3) is 15.1. The van der Waals surface area contributed by atoms with E-state index in [0.717, 1.165) is 57.1 Å². The molecule has 11 nitrogen and oxygen atoms in total. The molecule has 0 saturated heterocycles. The molecule has 1 aromatic heterocycles. The van der Waals surface area contributed by atoms with Crippen molar-refractivity contribution in [1.82, 2.24) is 4.98 Å². The van der Waals surface area contributed by atoms with E-state index >= 15 is 0 Å². The van der Waals surface area contributed by atoms with E-state index in [4.69, 9.17) is 4.98 Å². The Morgan fingerprint density at radius 1 is 0.548 bits per heavy atom. The summed E-state index contributed by atoms with van der Waals surface area (Å²) in [6.45, 7) is 4.93. The first kappa shape index (κ1) is 47.0. The molecule has 4 aromatic carbocycles. The SMILES string of the molecule is CC(CC(=O)c1ccccc1)=NC(Cc1ccc(SCCN(C)c2cccc(N(C)CCSc3ccc(CC(N=C(C)CC(=O)c4ccccc4)C(=O)O)cc3)n2)cc1)C(=O)O. The number of aliphatic carboxylic acids is 2. The van der Waals surface area contributed by atoms with E-state index in [2.05, 4.69) is 19.8 Å². The summed E-state index contributed by atoms with van der Waals surface area (Å²) in [6, 6.07) is 37.7. The van der Waals surface area contributed by atoms with Gasteiger partial charge in [0.2, 0.25) is 0 Å². The molecule has 2 N–H and O–H groups in total. The Bertz CT molecular complexity index is 2160. The number of Topliss-reactive ketones (excluding diaryl/α,β-unsaturated/α-hetero) is 2. The number of pyridine rings is 1. The second-order valence-electron chi connectivity index (χ2n) is 15.0. The molecule has 62 heavy (non-hydrogen) atoms. The summed E-state index contributed by atoms with van der Waals surface area (Å²) in [5.41, 5.74) is 3.87. The van der Waals surface area contributed by atoms with E-state index in [1.165, 1.54) is 0 Å². The molecule has 5 rings (SSSR count). The van der Waals surface area contributed by atoms with Gasteiger partial charge in [-0.2, -0.15) is 0 Å². The zero-order valence-corrected chi connectivity index (χ0v) is 37.1. The lowest BCUT2D eigenvalue weighted by molar-refractivity contribution is -0.139. The van der Waals surface area contributed by atoms with Gasteiger partial charge in [0, 0.05) is 96.7 Å². The molecule has 2 unspecified atom stereocenters. The number of anilines is 2. The van der Waals surface area contributed by atoms with Crippen molar-refractivity contribution in [2.75, 3.05) is 48.5 Å². The summed E-state index contributed by atoms with van der Waals surface area (Å²) in [4.78, 5) is 69.3. The molecule has 0 bridgehead atoms. The number of carboxylic acids is 2. The maximum atomic E-state index is 12.6. The molecule has 0 aliphatic carbocycles. The van der Waals surface area contributed by atoms with Gasteiger partial charge in [-0.05, 0) is 61.4 Å². The predicted octanol–water partition coefficient (Wildman–Crippen LogP) is 9.00. The van der Waals surface area contributed by atoms with Gasteiger partial charge in [-0.15, -0.1) is 23.5 Å². The second kappa shape index (κ2) is 23.8. The molecule has 1 heterocycles. The average Bonchev–Trinajstić information content (AvgIpc) is 3.27. The first-order valence-corrected chi connectivity index (χ1v) is 22.3. The van der Waals surface area contributed by atoms with Crippen molar-refractivity contribution in [3.63, 3.8) is 0 Å². The molecule has 5 aromatic rings. The highest BCUT2D eigenvalue weighted by atomic mass is 32.2. The summed E-state index contributed by atoms with van der Waals surface area (Å²) in [6.07, 6.45) is 0.619. The van der Waals surface area contributed by atoms with Crippen molar-refractivity contribution < 1.29 is 29.4 Å². The van der Waals surface area contributed by atoms with Gasteiger partial charge in [0.05, 0.1) is 0 Å².